The summed E-state index contributed by atoms with van der Waals surface area (Å²) in [5.74, 6) is 0. The second-order valence-electron chi connectivity index (χ2n) is 4.43. The van der Waals surface area contributed by atoms with Gasteiger partial charge in [0.05, 0.1) is 0 Å². The van der Waals surface area contributed by atoms with Gasteiger partial charge in [0.2, 0.25) is 0 Å². The Labute approximate surface area is 76.3 Å². The largest absolute Gasteiger partial charge is 0.314 e. The van der Waals surface area contributed by atoms with Gasteiger partial charge in [0.1, 0.15) is 0 Å². The van der Waals surface area contributed by atoms with Gasteiger partial charge in [-0.1, -0.05) is 6.92 Å². The molecule has 2 heteroatoms. The predicted octanol–water partition coefficient (Wildman–Crippen LogP) is 1.47. The van der Waals surface area contributed by atoms with E-state index in [0.29, 0.717) is 0 Å². The number of nitrogens with one attached hydrogen (secondary N) is 1. The molecule has 1 aliphatic rings. The van der Waals surface area contributed by atoms with Crippen LogP contribution >= 0.6 is 0 Å². The Morgan fingerprint density at radius 2 is 2.00 bits per heavy atom. The van der Waals surface area contributed by atoms with E-state index in [1.807, 2.05) is 7.05 Å². The highest BCUT2D eigenvalue weighted by Gasteiger charge is 2.31. The summed E-state index contributed by atoms with van der Waals surface area (Å²) >= 11 is 0. The summed E-state index contributed by atoms with van der Waals surface area (Å²) in [4.78, 5) is 2.58. The highest BCUT2D eigenvalue weighted by atomic mass is 15.2. The molecule has 1 saturated carbocycles. The van der Waals surface area contributed by atoms with Crippen molar-refractivity contribution in [2.24, 2.45) is 0 Å². The van der Waals surface area contributed by atoms with Crippen molar-refractivity contribution in [3.05, 3.63) is 0 Å². The molecule has 0 unspecified atom stereocenters. The molecule has 1 fully saturated rings. The molecule has 2 nitrogen and oxygen atoms in total. The van der Waals surface area contributed by atoms with Gasteiger partial charge in [-0.15, -0.1) is 0 Å². The van der Waals surface area contributed by atoms with Crippen molar-refractivity contribution < 1.29 is 0 Å². The smallest absolute Gasteiger partial charge is 0.0249 e. The van der Waals surface area contributed by atoms with Crippen LogP contribution in [0.5, 0.6) is 0 Å². The molecule has 0 saturated heterocycles. The molecule has 0 aliphatic heterocycles. The van der Waals surface area contributed by atoms with Gasteiger partial charge in [-0.25, -0.2) is 0 Å². The molecule has 12 heavy (non-hydrogen) atoms. The summed E-state index contributed by atoms with van der Waals surface area (Å²) in [5, 5.41) is 3.35. The van der Waals surface area contributed by atoms with Gasteiger partial charge in [0.15, 0.2) is 0 Å². The van der Waals surface area contributed by atoms with Gasteiger partial charge in [-0.05, 0) is 40.3 Å². The van der Waals surface area contributed by atoms with Crippen LogP contribution in [-0.4, -0.2) is 36.6 Å². The fraction of sp³-hybridized carbons (Fsp3) is 1.00. The van der Waals surface area contributed by atoms with E-state index < -0.39 is 0 Å². The van der Waals surface area contributed by atoms with Crippen LogP contribution in [0.4, 0.5) is 0 Å². The Kier molecular flexibility index (Phi) is 3.13. The molecule has 72 valence electrons. The summed E-state index contributed by atoms with van der Waals surface area (Å²) in [6, 6.07) is 0.891. The van der Waals surface area contributed by atoms with Crippen molar-refractivity contribution in [2.45, 2.75) is 45.2 Å². The average molecular weight is 170 g/mol. The van der Waals surface area contributed by atoms with Crippen molar-refractivity contribution in [2.75, 3.05) is 20.1 Å². The van der Waals surface area contributed by atoms with Crippen LogP contribution in [-0.2, 0) is 0 Å². The summed E-state index contributed by atoms with van der Waals surface area (Å²) in [7, 11) is 2.04. The van der Waals surface area contributed by atoms with Crippen LogP contribution < -0.4 is 5.32 Å². The first-order valence-corrected chi connectivity index (χ1v) is 5.02. The minimum Gasteiger partial charge on any atom is -0.314 e. The second kappa shape index (κ2) is 3.75. The Balaban J connectivity index is 2.35. The molecule has 0 aromatic rings. The van der Waals surface area contributed by atoms with Gasteiger partial charge in [0, 0.05) is 18.1 Å². The number of likely N-dealkylation sites (N-methyl/N-ethyl adjacent to an activating group) is 2. The highest BCUT2D eigenvalue weighted by Crippen LogP contribution is 2.27. The van der Waals surface area contributed by atoms with E-state index >= 15 is 0 Å². The Bertz CT molecular complexity index is 139. The lowest BCUT2D eigenvalue weighted by molar-refractivity contribution is 0.207. The summed E-state index contributed by atoms with van der Waals surface area (Å²) < 4.78 is 0. The molecule has 0 aromatic heterocycles. The Morgan fingerprint density at radius 3 is 2.33 bits per heavy atom. The van der Waals surface area contributed by atoms with Crippen LogP contribution in [0.3, 0.4) is 0 Å². The lowest BCUT2D eigenvalue weighted by atomic mass is 10.1. The van der Waals surface area contributed by atoms with Crippen molar-refractivity contribution in [1.82, 2.24) is 10.2 Å². The fourth-order valence-electron chi connectivity index (χ4n) is 1.53. The minimum absolute atomic E-state index is 0.262. The van der Waals surface area contributed by atoms with Gasteiger partial charge in [-0.3, -0.25) is 4.90 Å². The Morgan fingerprint density at radius 1 is 1.42 bits per heavy atom. The van der Waals surface area contributed by atoms with E-state index in [0.717, 1.165) is 6.04 Å². The molecule has 1 N–H and O–H groups in total. The van der Waals surface area contributed by atoms with E-state index in [-0.39, 0.29) is 5.54 Å². The number of hydrogen-bond acceptors (Lipinski definition) is 2. The molecule has 0 heterocycles. The number of hydrogen-bond donors (Lipinski definition) is 1. The van der Waals surface area contributed by atoms with Gasteiger partial charge in [0.25, 0.3) is 0 Å². The molecule has 1 aliphatic carbocycles. The van der Waals surface area contributed by atoms with Crippen LogP contribution in [0.15, 0.2) is 0 Å². The minimum atomic E-state index is 0.262. The standard InChI is InChI=1S/C10H22N2/c1-5-12(9-6-7-9)8-10(2,3)11-4/h9,11H,5-8H2,1-4H3. The molecule has 0 spiro atoms. The van der Waals surface area contributed by atoms with Crippen molar-refractivity contribution in [3.8, 4) is 0 Å². The SMILES string of the molecule is CCN(CC(C)(C)NC)C1CC1. The van der Waals surface area contributed by atoms with Crippen molar-refractivity contribution in [3.63, 3.8) is 0 Å². The molecular formula is C10H22N2. The maximum Gasteiger partial charge on any atom is 0.0249 e. The van der Waals surface area contributed by atoms with Crippen LogP contribution in [0.1, 0.15) is 33.6 Å². The topological polar surface area (TPSA) is 15.3 Å². The van der Waals surface area contributed by atoms with Gasteiger partial charge >= 0.3 is 0 Å². The van der Waals surface area contributed by atoms with Crippen LogP contribution in [0.2, 0.25) is 0 Å². The quantitative estimate of drug-likeness (QED) is 0.672. The summed E-state index contributed by atoms with van der Waals surface area (Å²) in [5.41, 5.74) is 0.262. The first-order valence-electron chi connectivity index (χ1n) is 5.02. The van der Waals surface area contributed by atoms with Crippen molar-refractivity contribution in [1.29, 1.82) is 0 Å². The third kappa shape index (κ3) is 2.76. The van der Waals surface area contributed by atoms with E-state index in [1.54, 1.807) is 0 Å². The van der Waals surface area contributed by atoms with E-state index in [2.05, 4.69) is 31.0 Å². The molecular weight excluding hydrogens is 148 g/mol. The molecule has 0 aromatic carbocycles. The van der Waals surface area contributed by atoms with Crippen molar-refractivity contribution >= 4 is 0 Å². The molecule has 0 radical (unpaired) electrons. The molecule has 0 amide bonds. The maximum atomic E-state index is 3.35. The zero-order valence-corrected chi connectivity index (χ0v) is 8.85. The van der Waals surface area contributed by atoms with E-state index in [1.165, 1.54) is 25.9 Å². The normalized spacial score (nSPS) is 18.8. The lowest BCUT2D eigenvalue weighted by Gasteiger charge is -2.31. The van der Waals surface area contributed by atoms with E-state index in [9.17, 15) is 0 Å². The lowest BCUT2D eigenvalue weighted by Crippen LogP contribution is -2.48. The third-order valence-corrected chi connectivity index (χ3v) is 2.74. The van der Waals surface area contributed by atoms with Crippen LogP contribution in [0.25, 0.3) is 0 Å². The molecule has 0 atom stereocenters. The average Bonchev–Trinajstić information content (AvgIpc) is 2.83. The zero-order valence-electron chi connectivity index (χ0n) is 8.85. The summed E-state index contributed by atoms with van der Waals surface area (Å²) in [6.45, 7) is 9.14. The molecule has 0 bridgehead atoms. The summed E-state index contributed by atoms with van der Waals surface area (Å²) in [6.07, 6.45) is 2.82. The van der Waals surface area contributed by atoms with E-state index in [4.69, 9.17) is 0 Å². The monoisotopic (exact) mass is 170 g/mol. The second-order valence-corrected chi connectivity index (χ2v) is 4.43. The fourth-order valence-corrected chi connectivity index (χ4v) is 1.53. The predicted molar refractivity (Wildman–Crippen MR) is 53.4 cm³/mol. The number of rotatable bonds is 5. The first kappa shape index (κ1) is 10.0. The maximum absolute atomic E-state index is 3.35. The van der Waals surface area contributed by atoms with Gasteiger partial charge in [-0.2, -0.15) is 0 Å². The zero-order chi connectivity index (χ0) is 9.19. The third-order valence-electron chi connectivity index (χ3n) is 2.74. The number of nitrogens with zero attached hydrogens (tertiary/aromatic N) is 1. The molecule has 1 rings (SSSR count). The van der Waals surface area contributed by atoms with Gasteiger partial charge < -0.3 is 5.32 Å². The highest BCUT2D eigenvalue weighted by molar-refractivity contribution is 4.89. The van der Waals surface area contributed by atoms with Crippen LogP contribution in [0, 0.1) is 0 Å². The Hall–Kier alpha value is -0.0800. The first-order chi connectivity index (χ1) is 5.59.